The summed E-state index contributed by atoms with van der Waals surface area (Å²) in [4.78, 5) is 20.9. The zero-order valence-corrected chi connectivity index (χ0v) is 15.5. The van der Waals surface area contributed by atoms with E-state index in [1.165, 1.54) is 0 Å². The van der Waals surface area contributed by atoms with Crippen LogP contribution in [0.1, 0.15) is 18.5 Å². The first-order valence-electron chi connectivity index (χ1n) is 8.91. The number of allylic oxidation sites excluding steroid dienone is 1. The predicted molar refractivity (Wildman–Crippen MR) is 101 cm³/mol. The number of piperidine rings is 1. The van der Waals surface area contributed by atoms with Crippen molar-refractivity contribution < 1.29 is 4.79 Å². The van der Waals surface area contributed by atoms with Crippen LogP contribution in [-0.2, 0) is 0 Å². The molecule has 0 bridgehead atoms. The summed E-state index contributed by atoms with van der Waals surface area (Å²) >= 11 is 5.88. The first kappa shape index (κ1) is 17.6. The minimum atomic E-state index is 0.0598. The van der Waals surface area contributed by atoms with E-state index in [0.717, 1.165) is 17.8 Å². The summed E-state index contributed by atoms with van der Waals surface area (Å²) in [6.07, 6.45) is 4.80. The molecule has 0 aliphatic carbocycles. The molecule has 2 N–H and O–H groups in total. The van der Waals surface area contributed by atoms with Crippen LogP contribution in [0.15, 0.2) is 35.8 Å². The van der Waals surface area contributed by atoms with E-state index in [1.54, 1.807) is 18.3 Å². The monoisotopic (exact) mass is 385 g/mol. The van der Waals surface area contributed by atoms with Crippen molar-refractivity contribution in [3.63, 3.8) is 0 Å². The quantitative estimate of drug-likeness (QED) is 0.715. The van der Waals surface area contributed by atoms with Gasteiger partial charge < -0.3 is 15.2 Å². The number of amides is 2. The number of hydrazine groups is 2. The number of likely N-dealkylation sites (tertiary alicyclic amines) is 1. The number of aromatic nitrogens is 1. The molecule has 2 saturated heterocycles. The molecule has 140 valence electrons. The van der Waals surface area contributed by atoms with Crippen LogP contribution in [0.4, 0.5) is 4.79 Å². The Bertz CT molecular complexity index is 832. The molecule has 0 aromatic carbocycles. The van der Waals surface area contributed by atoms with E-state index in [0.29, 0.717) is 55.3 Å². The van der Waals surface area contributed by atoms with Crippen molar-refractivity contribution in [3.05, 3.63) is 46.5 Å². The number of nitrogens with one attached hydrogen (secondary N) is 2. The highest BCUT2D eigenvalue weighted by Crippen LogP contribution is 2.27. The average molecular weight is 386 g/mol. The van der Waals surface area contributed by atoms with Gasteiger partial charge in [-0.15, -0.1) is 5.53 Å². The summed E-state index contributed by atoms with van der Waals surface area (Å²) in [5.41, 5.74) is 9.34. The Kier molecular flexibility index (Phi) is 4.88. The van der Waals surface area contributed by atoms with E-state index in [2.05, 4.69) is 22.0 Å². The third-order valence-corrected chi connectivity index (χ3v) is 5.31. The third-order valence-electron chi connectivity index (χ3n) is 5.09. The number of fused-ring (bicyclic) bond motifs is 1. The van der Waals surface area contributed by atoms with Crippen LogP contribution in [0.25, 0.3) is 5.57 Å². The van der Waals surface area contributed by atoms with Crippen LogP contribution < -0.4 is 11.0 Å². The molecule has 3 aliphatic heterocycles. The van der Waals surface area contributed by atoms with Crippen molar-refractivity contribution in [1.29, 1.82) is 5.26 Å². The maximum absolute atomic E-state index is 12.9. The van der Waals surface area contributed by atoms with Gasteiger partial charge in [-0.25, -0.2) is 4.79 Å². The fourth-order valence-corrected chi connectivity index (χ4v) is 3.70. The molecule has 2 amide bonds. The lowest BCUT2D eigenvalue weighted by atomic mass is 9.96. The predicted octanol–water partition coefficient (Wildman–Crippen LogP) is 1.71. The molecule has 1 aromatic rings. The van der Waals surface area contributed by atoms with Crippen molar-refractivity contribution >= 4 is 23.2 Å². The molecule has 4 heterocycles. The van der Waals surface area contributed by atoms with Gasteiger partial charge >= 0.3 is 6.03 Å². The van der Waals surface area contributed by atoms with Crippen molar-refractivity contribution in [2.45, 2.75) is 12.8 Å². The van der Waals surface area contributed by atoms with Crippen LogP contribution in [0, 0.1) is 11.3 Å². The summed E-state index contributed by atoms with van der Waals surface area (Å²) in [5, 5.41) is 12.1. The van der Waals surface area contributed by atoms with Crippen LogP contribution in [-0.4, -0.2) is 58.5 Å². The maximum atomic E-state index is 12.9. The Hall–Kier alpha value is -2.76. The number of nitriles is 1. The summed E-state index contributed by atoms with van der Waals surface area (Å²) in [6.45, 7) is 3.26. The average Bonchev–Trinajstić information content (AvgIpc) is 3.18. The van der Waals surface area contributed by atoms with Gasteiger partial charge in [0.15, 0.2) is 0 Å². The Labute approximate surface area is 162 Å². The van der Waals surface area contributed by atoms with Gasteiger partial charge in [0.05, 0.1) is 35.1 Å². The topological polar surface area (TPSA) is 87.5 Å². The van der Waals surface area contributed by atoms with Gasteiger partial charge in [-0.05, 0) is 30.5 Å². The lowest BCUT2D eigenvalue weighted by Crippen LogP contribution is -2.54. The standard InChI is InChI=1S/C18H20ClN7O/c19-14-1-2-17(21-10-14)16(9-20)13-3-5-24(6-4-13)18(27)25-7-8-26-15(12-25)11-22-23-26/h1-2,10-11,22-23H,3-8,12H2. The van der Waals surface area contributed by atoms with Crippen LogP contribution in [0.2, 0.25) is 5.02 Å². The van der Waals surface area contributed by atoms with Crippen molar-refractivity contribution in [3.8, 4) is 6.07 Å². The molecule has 4 rings (SSSR count). The van der Waals surface area contributed by atoms with E-state index < -0.39 is 0 Å². The highest BCUT2D eigenvalue weighted by Gasteiger charge is 2.31. The molecule has 8 nitrogen and oxygen atoms in total. The summed E-state index contributed by atoms with van der Waals surface area (Å²) in [7, 11) is 0. The van der Waals surface area contributed by atoms with Gasteiger partial charge in [0, 0.05) is 32.0 Å². The van der Waals surface area contributed by atoms with E-state index in [4.69, 9.17) is 11.6 Å². The molecule has 9 heteroatoms. The zero-order chi connectivity index (χ0) is 18.8. The second kappa shape index (κ2) is 7.47. The Morgan fingerprint density at radius 3 is 2.70 bits per heavy atom. The number of rotatable bonds is 1. The lowest BCUT2D eigenvalue weighted by molar-refractivity contribution is 0.117. The van der Waals surface area contributed by atoms with Gasteiger partial charge in [-0.3, -0.25) is 9.99 Å². The SMILES string of the molecule is N#CC(=C1CCN(C(=O)N2CCN3NNC=C3C2)CC1)c1ccc(Cl)cn1. The van der Waals surface area contributed by atoms with E-state index in [9.17, 15) is 10.1 Å². The number of piperazine rings is 1. The second-order valence-corrected chi connectivity index (χ2v) is 7.12. The van der Waals surface area contributed by atoms with Crippen LogP contribution >= 0.6 is 11.6 Å². The van der Waals surface area contributed by atoms with Gasteiger partial charge in [0.1, 0.15) is 6.07 Å². The first-order chi connectivity index (χ1) is 13.2. The van der Waals surface area contributed by atoms with Crippen LogP contribution in [0.3, 0.4) is 0 Å². The van der Waals surface area contributed by atoms with E-state index in [1.807, 2.05) is 21.0 Å². The number of nitrogens with zero attached hydrogens (tertiary/aromatic N) is 5. The fourth-order valence-electron chi connectivity index (χ4n) is 3.59. The number of carbonyl (C=O) groups is 1. The minimum Gasteiger partial charge on any atom is -0.324 e. The Morgan fingerprint density at radius 1 is 1.19 bits per heavy atom. The molecule has 0 unspecified atom stereocenters. The van der Waals surface area contributed by atoms with Gasteiger partial charge in [0.2, 0.25) is 0 Å². The lowest BCUT2D eigenvalue weighted by Gasteiger charge is -2.38. The van der Waals surface area contributed by atoms with Crippen molar-refractivity contribution in [1.82, 2.24) is 30.8 Å². The zero-order valence-electron chi connectivity index (χ0n) is 14.8. The number of urea groups is 1. The summed E-state index contributed by atoms with van der Waals surface area (Å²) < 4.78 is 0. The number of pyridine rings is 1. The third kappa shape index (κ3) is 3.56. The number of halogens is 1. The fraction of sp³-hybridized carbons (Fsp3) is 0.389. The highest BCUT2D eigenvalue weighted by molar-refractivity contribution is 6.30. The normalized spacial score (nSPS) is 19.2. The maximum Gasteiger partial charge on any atom is 0.320 e. The number of hydrogen-bond acceptors (Lipinski definition) is 6. The van der Waals surface area contributed by atoms with E-state index in [-0.39, 0.29) is 6.03 Å². The smallest absolute Gasteiger partial charge is 0.320 e. The molecule has 2 fully saturated rings. The molecule has 1 aromatic heterocycles. The minimum absolute atomic E-state index is 0.0598. The van der Waals surface area contributed by atoms with Gasteiger partial charge in [-0.1, -0.05) is 11.6 Å². The molecule has 0 spiro atoms. The van der Waals surface area contributed by atoms with Gasteiger partial charge in [0.25, 0.3) is 0 Å². The molecular weight excluding hydrogens is 366 g/mol. The van der Waals surface area contributed by atoms with Crippen LogP contribution in [0.5, 0.6) is 0 Å². The molecular formula is C18H20ClN7O. The first-order valence-corrected chi connectivity index (χ1v) is 9.29. The number of carbonyl (C=O) groups excluding carboxylic acids is 1. The largest absolute Gasteiger partial charge is 0.324 e. The molecule has 0 radical (unpaired) electrons. The molecule has 27 heavy (non-hydrogen) atoms. The molecule has 0 saturated carbocycles. The van der Waals surface area contributed by atoms with Gasteiger partial charge in [-0.2, -0.15) is 5.26 Å². The van der Waals surface area contributed by atoms with Crippen molar-refractivity contribution in [2.24, 2.45) is 0 Å². The highest BCUT2D eigenvalue weighted by atomic mass is 35.5. The van der Waals surface area contributed by atoms with E-state index >= 15 is 0 Å². The molecule has 0 atom stereocenters. The Balaban J connectivity index is 1.41. The summed E-state index contributed by atoms with van der Waals surface area (Å²) in [6, 6.07) is 5.84. The van der Waals surface area contributed by atoms with Crippen molar-refractivity contribution in [2.75, 3.05) is 32.7 Å². The molecule has 3 aliphatic rings. The number of hydrogen-bond donors (Lipinski definition) is 2. The Morgan fingerprint density at radius 2 is 2.00 bits per heavy atom. The summed E-state index contributed by atoms with van der Waals surface area (Å²) in [5.74, 6) is 0. The second-order valence-electron chi connectivity index (χ2n) is 6.69.